The fourth-order valence-electron chi connectivity index (χ4n) is 4.96. The molecule has 0 radical (unpaired) electrons. The summed E-state index contributed by atoms with van der Waals surface area (Å²) in [5, 5.41) is 0. The zero-order valence-corrected chi connectivity index (χ0v) is 18.8. The monoisotopic (exact) mass is 419 g/mol. The molecule has 0 aromatic heterocycles. The van der Waals surface area contributed by atoms with Crippen LogP contribution in [0.3, 0.4) is 0 Å². The van der Waals surface area contributed by atoms with E-state index >= 15 is 0 Å². The first-order valence-corrected chi connectivity index (χ1v) is 11.3. The largest absolute Gasteiger partial charge is 0.369 e. The Kier molecular flexibility index (Phi) is 5.78. The van der Waals surface area contributed by atoms with E-state index < -0.39 is 0 Å². The van der Waals surface area contributed by atoms with Gasteiger partial charge in [-0.05, 0) is 47.4 Å². The molecule has 1 fully saturated rings. The summed E-state index contributed by atoms with van der Waals surface area (Å²) >= 11 is 0. The van der Waals surface area contributed by atoms with Crippen molar-refractivity contribution in [2.75, 3.05) is 24.5 Å². The topological polar surface area (TPSA) is 66.6 Å². The number of carbonyl (C=O) groups is 2. The van der Waals surface area contributed by atoms with Crippen LogP contribution in [0.2, 0.25) is 0 Å². The van der Waals surface area contributed by atoms with Gasteiger partial charge in [0.2, 0.25) is 11.8 Å². The van der Waals surface area contributed by atoms with Gasteiger partial charge in [0.15, 0.2) is 0 Å². The molecule has 164 valence electrons. The van der Waals surface area contributed by atoms with Gasteiger partial charge in [0.1, 0.15) is 0 Å². The van der Waals surface area contributed by atoms with Crippen molar-refractivity contribution in [3.05, 3.63) is 65.2 Å². The van der Waals surface area contributed by atoms with Gasteiger partial charge in [-0.1, -0.05) is 63.2 Å². The van der Waals surface area contributed by atoms with Gasteiger partial charge in [-0.2, -0.15) is 0 Å². The Labute approximate surface area is 185 Å². The molecule has 1 saturated heterocycles. The van der Waals surface area contributed by atoms with Crippen LogP contribution in [0.15, 0.2) is 48.5 Å². The second kappa shape index (κ2) is 8.37. The molecule has 2 N–H and O–H groups in total. The predicted molar refractivity (Wildman–Crippen MR) is 124 cm³/mol. The zero-order valence-electron chi connectivity index (χ0n) is 18.8. The van der Waals surface area contributed by atoms with Crippen LogP contribution in [0.1, 0.15) is 68.7 Å². The number of rotatable bonds is 4. The van der Waals surface area contributed by atoms with E-state index in [1.807, 2.05) is 29.2 Å². The quantitative estimate of drug-likeness (QED) is 0.810. The summed E-state index contributed by atoms with van der Waals surface area (Å²) < 4.78 is 0. The van der Waals surface area contributed by atoms with Crippen molar-refractivity contribution in [2.24, 2.45) is 5.73 Å². The Morgan fingerprint density at radius 2 is 1.71 bits per heavy atom. The van der Waals surface area contributed by atoms with Gasteiger partial charge in [-0.25, -0.2) is 0 Å². The molecule has 0 bridgehead atoms. The Morgan fingerprint density at radius 3 is 2.39 bits per heavy atom. The van der Waals surface area contributed by atoms with Gasteiger partial charge >= 0.3 is 0 Å². The standard InChI is InChI=1S/C26H33N3O2/c1-26(2,3)19-12-10-18(11-13-19)22-9-6-15-29(22)24(30)17-28-16-14-21(25(27)31)20-7-4-5-8-23(20)28/h4-5,7-8,10-13,21-22H,6,9,14-17H2,1-3H3,(H2,27,31). The van der Waals surface area contributed by atoms with Crippen LogP contribution in [0.5, 0.6) is 0 Å². The summed E-state index contributed by atoms with van der Waals surface area (Å²) in [6.07, 6.45) is 2.68. The van der Waals surface area contributed by atoms with E-state index in [0.717, 1.165) is 30.6 Å². The fourth-order valence-corrected chi connectivity index (χ4v) is 4.96. The summed E-state index contributed by atoms with van der Waals surface area (Å²) in [5.74, 6) is -0.421. The third-order valence-corrected chi connectivity index (χ3v) is 6.74. The highest BCUT2D eigenvalue weighted by molar-refractivity contribution is 5.87. The minimum absolute atomic E-state index is 0.119. The summed E-state index contributed by atoms with van der Waals surface area (Å²) in [6.45, 7) is 8.43. The van der Waals surface area contributed by atoms with Crippen molar-refractivity contribution in [3.8, 4) is 0 Å². The van der Waals surface area contributed by atoms with Crippen LogP contribution in [0.25, 0.3) is 0 Å². The van der Waals surface area contributed by atoms with E-state index in [9.17, 15) is 9.59 Å². The molecule has 0 saturated carbocycles. The van der Waals surface area contributed by atoms with Crippen LogP contribution in [0.4, 0.5) is 5.69 Å². The molecule has 2 aromatic carbocycles. The maximum Gasteiger partial charge on any atom is 0.242 e. The highest BCUT2D eigenvalue weighted by Gasteiger charge is 2.34. The van der Waals surface area contributed by atoms with Gasteiger partial charge in [-0.15, -0.1) is 0 Å². The summed E-state index contributed by atoms with van der Waals surface area (Å²) in [5.41, 5.74) is 10.1. The number of hydrogen-bond acceptors (Lipinski definition) is 3. The first-order valence-electron chi connectivity index (χ1n) is 11.3. The van der Waals surface area contributed by atoms with Crippen LogP contribution < -0.4 is 10.6 Å². The number of nitrogens with two attached hydrogens (primary N) is 1. The van der Waals surface area contributed by atoms with Crippen molar-refractivity contribution < 1.29 is 9.59 Å². The number of hydrogen-bond donors (Lipinski definition) is 1. The molecular weight excluding hydrogens is 386 g/mol. The molecule has 5 nitrogen and oxygen atoms in total. The molecule has 2 atom stereocenters. The van der Waals surface area contributed by atoms with Gasteiger partial charge < -0.3 is 15.5 Å². The number of carbonyl (C=O) groups excluding carboxylic acids is 2. The Hall–Kier alpha value is -2.82. The molecule has 0 aliphatic carbocycles. The zero-order chi connectivity index (χ0) is 22.2. The smallest absolute Gasteiger partial charge is 0.242 e. The van der Waals surface area contributed by atoms with Crippen LogP contribution >= 0.6 is 0 Å². The number of fused-ring (bicyclic) bond motifs is 1. The molecular formula is C26H33N3O2. The highest BCUT2D eigenvalue weighted by Crippen LogP contribution is 2.37. The molecule has 5 heteroatoms. The van der Waals surface area contributed by atoms with E-state index in [1.54, 1.807) is 0 Å². The maximum atomic E-state index is 13.3. The van der Waals surface area contributed by atoms with E-state index in [4.69, 9.17) is 5.73 Å². The molecule has 2 aromatic rings. The number of anilines is 1. The van der Waals surface area contributed by atoms with Crippen molar-refractivity contribution in [3.63, 3.8) is 0 Å². The molecule has 4 rings (SSSR count). The SMILES string of the molecule is CC(C)(C)c1ccc(C2CCCN2C(=O)CN2CCC(C(N)=O)c3ccccc32)cc1. The summed E-state index contributed by atoms with van der Waals surface area (Å²) in [6, 6.07) is 16.7. The minimum atomic E-state index is -0.295. The lowest BCUT2D eigenvalue weighted by atomic mass is 9.86. The number of nitrogens with zero attached hydrogens (tertiary/aromatic N) is 2. The number of amides is 2. The van der Waals surface area contributed by atoms with E-state index in [0.29, 0.717) is 19.5 Å². The number of benzene rings is 2. The van der Waals surface area contributed by atoms with Crippen LogP contribution in [-0.4, -0.2) is 36.3 Å². The van der Waals surface area contributed by atoms with Gasteiger partial charge in [0, 0.05) is 18.8 Å². The van der Waals surface area contributed by atoms with Crippen molar-refractivity contribution in [1.82, 2.24) is 4.90 Å². The molecule has 2 aliphatic heterocycles. The molecule has 2 heterocycles. The number of likely N-dealkylation sites (tertiary alicyclic amines) is 1. The van der Waals surface area contributed by atoms with Crippen LogP contribution in [-0.2, 0) is 15.0 Å². The maximum absolute atomic E-state index is 13.3. The van der Waals surface area contributed by atoms with Gasteiger partial charge in [-0.3, -0.25) is 9.59 Å². The Morgan fingerprint density at radius 1 is 1.00 bits per heavy atom. The van der Waals surface area contributed by atoms with Gasteiger partial charge in [0.05, 0.1) is 18.5 Å². The van der Waals surface area contributed by atoms with Crippen LogP contribution in [0, 0.1) is 0 Å². The fraction of sp³-hybridized carbons (Fsp3) is 0.462. The van der Waals surface area contributed by atoms with E-state index in [2.05, 4.69) is 49.9 Å². The van der Waals surface area contributed by atoms with E-state index in [-0.39, 0.29) is 29.2 Å². The average Bonchev–Trinajstić information content (AvgIpc) is 3.23. The van der Waals surface area contributed by atoms with Crippen molar-refractivity contribution in [1.29, 1.82) is 0 Å². The molecule has 31 heavy (non-hydrogen) atoms. The minimum Gasteiger partial charge on any atom is -0.369 e. The lowest BCUT2D eigenvalue weighted by Crippen LogP contribution is -2.43. The Bertz CT molecular complexity index is 961. The first kappa shape index (κ1) is 21.4. The molecule has 2 aliphatic rings. The lowest BCUT2D eigenvalue weighted by Gasteiger charge is -2.36. The van der Waals surface area contributed by atoms with E-state index in [1.165, 1.54) is 11.1 Å². The summed E-state index contributed by atoms with van der Waals surface area (Å²) in [4.78, 5) is 29.4. The van der Waals surface area contributed by atoms with Crippen molar-refractivity contribution >= 4 is 17.5 Å². The first-order chi connectivity index (χ1) is 14.8. The van der Waals surface area contributed by atoms with Crippen molar-refractivity contribution in [2.45, 2.75) is 57.4 Å². The third kappa shape index (κ3) is 4.32. The second-order valence-corrected chi connectivity index (χ2v) is 9.84. The summed E-state index contributed by atoms with van der Waals surface area (Å²) in [7, 11) is 0. The number of para-hydroxylation sites is 1. The lowest BCUT2D eigenvalue weighted by molar-refractivity contribution is -0.130. The molecule has 2 amide bonds. The molecule has 2 unspecified atom stereocenters. The normalized spacial score (nSPS) is 21.1. The molecule has 0 spiro atoms. The predicted octanol–water partition coefficient (Wildman–Crippen LogP) is 4.13. The average molecular weight is 420 g/mol. The second-order valence-electron chi connectivity index (χ2n) is 9.84. The third-order valence-electron chi connectivity index (χ3n) is 6.74. The number of primary amides is 1. The Balaban J connectivity index is 1.50. The van der Waals surface area contributed by atoms with Gasteiger partial charge in [0.25, 0.3) is 0 Å². The highest BCUT2D eigenvalue weighted by atomic mass is 16.2.